The molecule has 0 aliphatic rings. The molecule has 21 heavy (non-hydrogen) atoms. The van der Waals surface area contributed by atoms with Gasteiger partial charge in [0, 0.05) is 18.2 Å². The first-order valence-corrected chi connectivity index (χ1v) is 7.07. The smallest absolute Gasteiger partial charge is 0.234 e. The lowest BCUT2D eigenvalue weighted by molar-refractivity contribution is 0.313. The van der Waals surface area contributed by atoms with Gasteiger partial charge in [-0.05, 0) is 26.8 Å². The molecule has 0 spiro atoms. The van der Waals surface area contributed by atoms with E-state index in [-0.39, 0.29) is 10.8 Å². The Morgan fingerprint density at radius 3 is 2.43 bits per heavy atom. The summed E-state index contributed by atoms with van der Waals surface area (Å²) >= 11 is 0. The molecule has 0 aliphatic carbocycles. The van der Waals surface area contributed by atoms with Gasteiger partial charge in [-0.1, -0.05) is 25.9 Å². The van der Waals surface area contributed by atoms with E-state index in [1.54, 1.807) is 6.20 Å². The van der Waals surface area contributed by atoms with Crippen molar-refractivity contribution < 1.29 is 4.52 Å². The van der Waals surface area contributed by atoms with Crippen LogP contribution < -0.4 is 5.32 Å². The van der Waals surface area contributed by atoms with Crippen LogP contribution in [0.5, 0.6) is 0 Å². The van der Waals surface area contributed by atoms with Crippen LogP contribution in [0.25, 0.3) is 0 Å². The Labute approximate surface area is 125 Å². The number of rotatable bonds is 4. The lowest BCUT2D eigenvalue weighted by atomic mass is 9.92. The number of hydrogen-bond donors (Lipinski definition) is 1. The van der Waals surface area contributed by atoms with Gasteiger partial charge in [-0.3, -0.25) is 0 Å². The monoisotopic (exact) mass is 289 g/mol. The molecule has 2 heterocycles. The maximum atomic E-state index is 5.25. The lowest BCUT2D eigenvalue weighted by Crippen LogP contribution is -2.29. The van der Waals surface area contributed by atoms with Crippen LogP contribution in [0.1, 0.15) is 52.0 Å². The predicted molar refractivity (Wildman–Crippen MR) is 81.3 cm³/mol. The van der Waals surface area contributed by atoms with Crippen molar-refractivity contribution in [1.82, 2.24) is 20.1 Å². The largest absolute Gasteiger partial charge is 0.353 e. The summed E-state index contributed by atoms with van der Waals surface area (Å²) in [6.45, 7) is 12.9. The molecule has 6 nitrogen and oxygen atoms in total. The standard InChI is InChI=1S/C15H23N5O/c1-10-18-12(21-20-10)15(5,6)9-17-13-16-8-7-11(19-13)14(2,3)4/h7-8H,9H2,1-6H3,(H,16,17,19). The van der Waals surface area contributed by atoms with E-state index in [1.807, 2.05) is 26.8 Å². The molecule has 1 N–H and O–H groups in total. The van der Waals surface area contributed by atoms with Crippen LogP contribution >= 0.6 is 0 Å². The van der Waals surface area contributed by atoms with Crippen molar-refractivity contribution in [2.75, 3.05) is 11.9 Å². The Morgan fingerprint density at radius 2 is 1.86 bits per heavy atom. The second-order valence-corrected chi connectivity index (χ2v) is 6.90. The second-order valence-electron chi connectivity index (χ2n) is 6.90. The van der Waals surface area contributed by atoms with Gasteiger partial charge in [0.15, 0.2) is 5.82 Å². The van der Waals surface area contributed by atoms with Crippen molar-refractivity contribution in [2.45, 2.75) is 52.4 Å². The van der Waals surface area contributed by atoms with Gasteiger partial charge in [0.25, 0.3) is 0 Å². The first kappa shape index (κ1) is 15.4. The van der Waals surface area contributed by atoms with Gasteiger partial charge in [-0.15, -0.1) is 0 Å². The summed E-state index contributed by atoms with van der Waals surface area (Å²) in [6, 6.07) is 1.94. The van der Waals surface area contributed by atoms with Gasteiger partial charge in [-0.2, -0.15) is 4.98 Å². The molecule has 0 unspecified atom stereocenters. The first-order chi connectivity index (χ1) is 9.68. The lowest BCUT2D eigenvalue weighted by Gasteiger charge is -2.21. The zero-order chi connectivity index (χ0) is 15.7. The highest BCUT2D eigenvalue weighted by molar-refractivity contribution is 5.28. The maximum Gasteiger partial charge on any atom is 0.234 e. The number of nitrogens with one attached hydrogen (secondary N) is 1. The van der Waals surface area contributed by atoms with E-state index in [2.05, 4.69) is 46.2 Å². The topological polar surface area (TPSA) is 76.7 Å². The fourth-order valence-corrected chi connectivity index (χ4v) is 1.81. The zero-order valence-electron chi connectivity index (χ0n) is 13.6. The molecule has 0 aliphatic heterocycles. The molecule has 6 heteroatoms. The predicted octanol–water partition coefficient (Wildman–Crippen LogP) is 2.86. The minimum atomic E-state index is -0.289. The third kappa shape index (κ3) is 3.77. The summed E-state index contributed by atoms with van der Waals surface area (Å²) in [5.74, 6) is 1.87. The van der Waals surface area contributed by atoms with Crippen LogP contribution in [0.2, 0.25) is 0 Å². The summed E-state index contributed by atoms with van der Waals surface area (Å²) in [7, 11) is 0. The van der Waals surface area contributed by atoms with Crippen molar-refractivity contribution in [2.24, 2.45) is 0 Å². The Balaban J connectivity index is 2.09. The number of anilines is 1. The first-order valence-electron chi connectivity index (χ1n) is 7.07. The molecule has 0 radical (unpaired) electrons. The quantitative estimate of drug-likeness (QED) is 0.932. The third-order valence-electron chi connectivity index (χ3n) is 3.22. The van der Waals surface area contributed by atoms with E-state index in [1.165, 1.54) is 0 Å². The highest BCUT2D eigenvalue weighted by Crippen LogP contribution is 2.23. The van der Waals surface area contributed by atoms with Gasteiger partial charge < -0.3 is 9.84 Å². The summed E-state index contributed by atoms with van der Waals surface area (Å²) < 4.78 is 5.25. The molecular formula is C15H23N5O. The Morgan fingerprint density at radius 1 is 1.14 bits per heavy atom. The number of aryl methyl sites for hydroxylation is 1. The SMILES string of the molecule is Cc1noc(C(C)(C)CNc2nccc(C(C)(C)C)n2)n1. The van der Waals surface area contributed by atoms with Gasteiger partial charge in [0.1, 0.15) is 0 Å². The Hall–Kier alpha value is -1.98. The van der Waals surface area contributed by atoms with Gasteiger partial charge in [0.2, 0.25) is 11.8 Å². The van der Waals surface area contributed by atoms with Crippen molar-refractivity contribution >= 4 is 5.95 Å². The second kappa shape index (κ2) is 5.42. The van der Waals surface area contributed by atoms with Crippen molar-refractivity contribution in [3.63, 3.8) is 0 Å². The minimum absolute atomic E-state index is 0.00150. The summed E-state index contributed by atoms with van der Waals surface area (Å²) in [4.78, 5) is 13.1. The average molecular weight is 289 g/mol. The van der Waals surface area contributed by atoms with Crippen molar-refractivity contribution in [1.29, 1.82) is 0 Å². The van der Waals surface area contributed by atoms with E-state index in [9.17, 15) is 0 Å². The summed E-state index contributed by atoms with van der Waals surface area (Å²) in [5, 5.41) is 7.09. The third-order valence-corrected chi connectivity index (χ3v) is 3.22. The number of hydrogen-bond acceptors (Lipinski definition) is 6. The molecule has 0 saturated carbocycles. The van der Waals surface area contributed by atoms with E-state index in [4.69, 9.17) is 4.52 Å². The molecule has 2 aromatic rings. The fraction of sp³-hybridized carbons (Fsp3) is 0.600. The van der Waals surface area contributed by atoms with E-state index >= 15 is 0 Å². The minimum Gasteiger partial charge on any atom is -0.353 e. The molecule has 0 amide bonds. The van der Waals surface area contributed by atoms with Gasteiger partial charge >= 0.3 is 0 Å². The number of nitrogens with zero attached hydrogens (tertiary/aromatic N) is 4. The highest BCUT2D eigenvalue weighted by Gasteiger charge is 2.27. The Bertz CT molecular complexity index is 613. The normalized spacial score (nSPS) is 12.5. The molecule has 0 fully saturated rings. The highest BCUT2D eigenvalue weighted by atomic mass is 16.5. The van der Waals surface area contributed by atoms with Crippen LogP contribution in [0.3, 0.4) is 0 Å². The fourth-order valence-electron chi connectivity index (χ4n) is 1.81. The van der Waals surface area contributed by atoms with Crippen LogP contribution in [-0.2, 0) is 10.8 Å². The van der Waals surface area contributed by atoms with Gasteiger partial charge in [-0.25, -0.2) is 9.97 Å². The molecule has 0 atom stereocenters. The van der Waals surface area contributed by atoms with Crippen molar-refractivity contribution in [3.05, 3.63) is 29.7 Å². The summed E-state index contributed by atoms with van der Waals surface area (Å²) in [6.07, 6.45) is 1.78. The van der Waals surface area contributed by atoms with Crippen LogP contribution in [-0.4, -0.2) is 26.7 Å². The van der Waals surface area contributed by atoms with E-state index in [0.717, 1.165) is 5.69 Å². The molecule has 114 valence electrons. The maximum absolute atomic E-state index is 5.25. The van der Waals surface area contributed by atoms with Crippen LogP contribution in [0, 0.1) is 6.92 Å². The van der Waals surface area contributed by atoms with Crippen LogP contribution in [0.15, 0.2) is 16.8 Å². The molecule has 0 bridgehead atoms. The molecule has 0 aromatic carbocycles. The molecule has 0 saturated heterocycles. The zero-order valence-corrected chi connectivity index (χ0v) is 13.6. The van der Waals surface area contributed by atoms with E-state index < -0.39 is 0 Å². The van der Waals surface area contributed by atoms with Crippen LogP contribution in [0.4, 0.5) is 5.95 Å². The number of aromatic nitrogens is 4. The summed E-state index contributed by atoms with van der Waals surface area (Å²) in [5.41, 5.74) is 0.715. The van der Waals surface area contributed by atoms with Gasteiger partial charge in [0.05, 0.1) is 11.1 Å². The van der Waals surface area contributed by atoms with Crippen molar-refractivity contribution in [3.8, 4) is 0 Å². The molecule has 2 rings (SSSR count). The average Bonchev–Trinajstić information content (AvgIpc) is 2.83. The molecule has 2 aromatic heterocycles. The van der Waals surface area contributed by atoms with E-state index in [0.29, 0.717) is 24.2 Å². The molecular weight excluding hydrogens is 266 g/mol. The Kier molecular flexibility index (Phi) is 3.98.